The minimum Gasteiger partial charge on any atom is -0.443 e. The van der Waals surface area contributed by atoms with Crippen molar-refractivity contribution in [2.75, 3.05) is 11.4 Å². The second kappa shape index (κ2) is 6.94. The van der Waals surface area contributed by atoms with E-state index in [1.807, 2.05) is 26.8 Å². The zero-order valence-electron chi connectivity index (χ0n) is 16.2. The fourth-order valence-corrected chi connectivity index (χ4v) is 3.66. The van der Waals surface area contributed by atoms with Crippen LogP contribution in [-0.4, -0.2) is 40.2 Å². The number of carbonyl (C=O) groups excluding carboxylic acids is 1. The van der Waals surface area contributed by atoms with E-state index in [2.05, 4.69) is 29.8 Å². The first kappa shape index (κ1) is 18.2. The smallest absolute Gasteiger partial charge is 0.416 e. The summed E-state index contributed by atoms with van der Waals surface area (Å²) in [5.74, 6) is 0.789. The fraction of sp³-hybridized carbons (Fsp3) is 0.700. The number of rotatable bonds is 4. The zero-order valence-corrected chi connectivity index (χ0v) is 16.2. The first-order valence-corrected chi connectivity index (χ1v) is 9.51. The van der Waals surface area contributed by atoms with Crippen LogP contribution in [-0.2, 0) is 4.74 Å². The highest BCUT2D eigenvalue weighted by molar-refractivity contribution is 5.89. The molecule has 1 aliphatic heterocycles. The molecule has 1 aliphatic carbocycles. The third-order valence-corrected chi connectivity index (χ3v) is 4.86. The molecule has 1 amide bonds. The Hall–Kier alpha value is -1.62. The van der Waals surface area contributed by atoms with Crippen molar-refractivity contribution in [2.24, 2.45) is 0 Å². The molecule has 2 heterocycles. The SMILES string of the molecule is CC(C)N1CCC[C@H]1c1cccnc1N(C(=O)OC(C)(C)C)C1CC1. The maximum absolute atomic E-state index is 12.9. The second-order valence-electron chi connectivity index (χ2n) is 8.49. The fourth-order valence-electron chi connectivity index (χ4n) is 3.66. The highest BCUT2D eigenvalue weighted by Gasteiger charge is 2.40. The lowest BCUT2D eigenvalue weighted by molar-refractivity contribution is 0.0576. The number of amides is 1. The first-order valence-electron chi connectivity index (χ1n) is 9.51. The van der Waals surface area contributed by atoms with E-state index in [-0.39, 0.29) is 12.1 Å². The predicted octanol–water partition coefficient (Wildman–Crippen LogP) is 4.53. The molecule has 0 bridgehead atoms. The summed E-state index contributed by atoms with van der Waals surface area (Å²) >= 11 is 0. The van der Waals surface area contributed by atoms with E-state index >= 15 is 0 Å². The van der Waals surface area contributed by atoms with E-state index in [1.165, 1.54) is 6.42 Å². The van der Waals surface area contributed by atoms with Crippen LogP contribution in [0.25, 0.3) is 0 Å². The molecule has 138 valence electrons. The average molecular weight is 345 g/mol. The van der Waals surface area contributed by atoms with Gasteiger partial charge in [-0.05, 0) is 72.9 Å². The molecule has 3 rings (SSSR count). The Balaban J connectivity index is 1.94. The summed E-state index contributed by atoms with van der Waals surface area (Å²) in [5.41, 5.74) is 0.655. The van der Waals surface area contributed by atoms with Crippen LogP contribution in [0.4, 0.5) is 10.6 Å². The van der Waals surface area contributed by atoms with Crippen LogP contribution in [0.5, 0.6) is 0 Å². The Bertz CT molecular complexity index is 620. The minimum absolute atomic E-state index is 0.220. The number of ether oxygens (including phenoxy) is 1. The highest BCUT2D eigenvalue weighted by Crippen LogP contribution is 2.41. The molecule has 0 unspecified atom stereocenters. The van der Waals surface area contributed by atoms with Crippen molar-refractivity contribution in [1.29, 1.82) is 0 Å². The van der Waals surface area contributed by atoms with Gasteiger partial charge in [0.2, 0.25) is 0 Å². The molecule has 1 atom stereocenters. The van der Waals surface area contributed by atoms with Crippen LogP contribution < -0.4 is 4.90 Å². The Morgan fingerprint density at radius 3 is 2.64 bits per heavy atom. The molecular weight excluding hydrogens is 314 g/mol. The Kier molecular flexibility index (Phi) is 5.05. The van der Waals surface area contributed by atoms with Crippen LogP contribution in [0, 0.1) is 0 Å². The van der Waals surface area contributed by atoms with Crippen molar-refractivity contribution >= 4 is 11.9 Å². The highest BCUT2D eigenvalue weighted by atomic mass is 16.6. The van der Waals surface area contributed by atoms with Crippen LogP contribution in [0.15, 0.2) is 18.3 Å². The topological polar surface area (TPSA) is 45.7 Å². The summed E-state index contributed by atoms with van der Waals surface area (Å²) in [7, 11) is 0. The first-order chi connectivity index (χ1) is 11.8. The zero-order chi connectivity index (χ0) is 18.2. The van der Waals surface area contributed by atoms with Gasteiger partial charge in [0.05, 0.1) is 0 Å². The van der Waals surface area contributed by atoms with Crippen LogP contribution >= 0.6 is 0 Å². The van der Waals surface area contributed by atoms with Crippen LogP contribution in [0.1, 0.15) is 71.9 Å². The standard InChI is InChI=1S/C20H31N3O2/c1-14(2)22-13-7-9-17(22)16-8-6-12-21-18(16)23(15-10-11-15)19(24)25-20(3,4)5/h6,8,12,14-15,17H,7,9-11,13H2,1-5H3/t17-/m0/s1. The molecule has 1 aromatic rings. The summed E-state index contributed by atoms with van der Waals surface area (Å²) in [4.78, 5) is 21.8. The number of likely N-dealkylation sites (tertiary alicyclic amines) is 1. The lowest BCUT2D eigenvalue weighted by Crippen LogP contribution is -2.40. The number of aromatic nitrogens is 1. The van der Waals surface area contributed by atoms with Crippen LogP contribution in [0.2, 0.25) is 0 Å². The van der Waals surface area contributed by atoms with Gasteiger partial charge in [0.15, 0.2) is 0 Å². The Labute approximate surface area is 151 Å². The van der Waals surface area contributed by atoms with Gasteiger partial charge in [-0.25, -0.2) is 9.78 Å². The molecule has 1 aromatic heterocycles. The summed E-state index contributed by atoms with van der Waals surface area (Å²) in [6.07, 6.45) is 5.86. The molecule has 0 N–H and O–H groups in total. The lowest BCUT2D eigenvalue weighted by Gasteiger charge is -2.32. The molecular formula is C20H31N3O2. The summed E-state index contributed by atoms with van der Waals surface area (Å²) < 4.78 is 5.68. The Morgan fingerprint density at radius 2 is 2.04 bits per heavy atom. The van der Waals surface area contributed by atoms with E-state index in [9.17, 15) is 4.79 Å². The lowest BCUT2D eigenvalue weighted by atomic mass is 10.0. The molecule has 0 spiro atoms. The molecule has 0 aromatic carbocycles. The number of pyridine rings is 1. The van der Waals surface area contributed by atoms with Crippen molar-refractivity contribution in [1.82, 2.24) is 9.88 Å². The monoisotopic (exact) mass is 345 g/mol. The number of nitrogens with zero attached hydrogens (tertiary/aromatic N) is 3. The van der Waals surface area contributed by atoms with E-state index in [1.54, 1.807) is 11.1 Å². The maximum Gasteiger partial charge on any atom is 0.416 e. The normalized spacial score (nSPS) is 21.6. The van der Waals surface area contributed by atoms with Crippen LogP contribution in [0.3, 0.4) is 0 Å². The minimum atomic E-state index is -0.503. The molecule has 2 fully saturated rings. The maximum atomic E-state index is 12.9. The van der Waals surface area contributed by atoms with Gasteiger partial charge in [-0.3, -0.25) is 9.80 Å². The van der Waals surface area contributed by atoms with Crippen molar-refractivity contribution in [3.8, 4) is 0 Å². The third-order valence-electron chi connectivity index (χ3n) is 4.86. The van der Waals surface area contributed by atoms with Crippen molar-refractivity contribution in [3.05, 3.63) is 23.9 Å². The molecule has 0 radical (unpaired) electrons. The second-order valence-corrected chi connectivity index (χ2v) is 8.49. The van der Waals surface area contributed by atoms with Crippen molar-refractivity contribution in [3.63, 3.8) is 0 Å². The van der Waals surface area contributed by atoms with Gasteiger partial charge in [-0.15, -0.1) is 0 Å². The quantitative estimate of drug-likeness (QED) is 0.804. The molecule has 2 aliphatic rings. The Morgan fingerprint density at radius 1 is 1.32 bits per heavy atom. The van der Waals surface area contributed by atoms with E-state index < -0.39 is 5.60 Å². The van der Waals surface area contributed by atoms with E-state index in [4.69, 9.17) is 4.74 Å². The number of hydrogen-bond donors (Lipinski definition) is 0. The van der Waals surface area contributed by atoms with Crippen molar-refractivity contribution in [2.45, 2.75) is 84.0 Å². The van der Waals surface area contributed by atoms with Gasteiger partial charge < -0.3 is 4.74 Å². The van der Waals surface area contributed by atoms with Gasteiger partial charge in [0.25, 0.3) is 0 Å². The summed E-state index contributed by atoms with van der Waals surface area (Å²) in [5, 5.41) is 0. The van der Waals surface area contributed by atoms with Gasteiger partial charge in [0.1, 0.15) is 11.4 Å². The van der Waals surface area contributed by atoms with Gasteiger partial charge >= 0.3 is 6.09 Å². The van der Waals surface area contributed by atoms with Gasteiger partial charge in [-0.2, -0.15) is 0 Å². The average Bonchev–Trinajstić information content (AvgIpc) is 3.21. The molecule has 1 saturated heterocycles. The molecule has 1 saturated carbocycles. The molecule has 5 heteroatoms. The van der Waals surface area contributed by atoms with Crippen molar-refractivity contribution < 1.29 is 9.53 Å². The van der Waals surface area contributed by atoms with E-state index in [0.717, 1.165) is 37.2 Å². The summed E-state index contributed by atoms with van der Waals surface area (Å²) in [6, 6.07) is 5.14. The number of hydrogen-bond acceptors (Lipinski definition) is 4. The van der Waals surface area contributed by atoms with Gasteiger partial charge in [-0.1, -0.05) is 6.07 Å². The van der Waals surface area contributed by atoms with E-state index in [0.29, 0.717) is 12.1 Å². The number of carbonyl (C=O) groups is 1. The molecule has 25 heavy (non-hydrogen) atoms. The molecule has 5 nitrogen and oxygen atoms in total. The third kappa shape index (κ3) is 4.14. The predicted molar refractivity (Wildman–Crippen MR) is 99.8 cm³/mol. The van der Waals surface area contributed by atoms with Gasteiger partial charge in [0, 0.05) is 29.9 Å². The summed E-state index contributed by atoms with van der Waals surface area (Å²) in [6.45, 7) is 11.3. The largest absolute Gasteiger partial charge is 0.443 e. The number of anilines is 1.